The second-order valence-corrected chi connectivity index (χ2v) is 5.12. The molecule has 1 unspecified atom stereocenters. The highest BCUT2D eigenvalue weighted by atomic mass is 16.5. The maximum absolute atomic E-state index is 5.85. The van der Waals surface area contributed by atoms with E-state index in [2.05, 4.69) is 36.2 Å². The lowest BCUT2D eigenvalue weighted by atomic mass is 10.1. The molecule has 1 aliphatic rings. The van der Waals surface area contributed by atoms with Gasteiger partial charge in [0.05, 0.1) is 0 Å². The molecule has 1 aromatic carbocycles. The number of rotatable bonds is 6. The van der Waals surface area contributed by atoms with Crippen LogP contribution in [0.2, 0.25) is 0 Å². The van der Waals surface area contributed by atoms with Crippen molar-refractivity contribution in [2.75, 3.05) is 26.7 Å². The van der Waals surface area contributed by atoms with Gasteiger partial charge in [0, 0.05) is 6.04 Å². The first-order valence-electron chi connectivity index (χ1n) is 6.91. The molecule has 1 aromatic rings. The van der Waals surface area contributed by atoms with E-state index in [-0.39, 0.29) is 0 Å². The van der Waals surface area contributed by atoms with Crippen LogP contribution in [0.3, 0.4) is 0 Å². The predicted molar refractivity (Wildman–Crippen MR) is 75.0 cm³/mol. The van der Waals surface area contributed by atoms with Crippen LogP contribution >= 0.6 is 0 Å². The summed E-state index contributed by atoms with van der Waals surface area (Å²) in [5.41, 5.74) is 6.85. The van der Waals surface area contributed by atoms with Crippen molar-refractivity contribution in [2.24, 2.45) is 5.73 Å². The number of hydrogen-bond acceptors (Lipinski definition) is 3. The zero-order chi connectivity index (χ0) is 12.8. The maximum Gasteiger partial charge on any atom is 0.119 e. The van der Waals surface area contributed by atoms with Crippen molar-refractivity contribution in [3.8, 4) is 5.75 Å². The normalized spacial score (nSPS) is 20.2. The monoisotopic (exact) mass is 248 g/mol. The molecule has 3 nitrogen and oxygen atoms in total. The van der Waals surface area contributed by atoms with Gasteiger partial charge in [-0.25, -0.2) is 0 Å². The fourth-order valence-electron chi connectivity index (χ4n) is 2.44. The highest BCUT2D eigenvalue weighted by Gasteiger charge is 2.21. The molecule has 1 heterocycles. The van der Waals surface area contributed by atoms with E-state index in [1.54, 1.807) is 0 Å². The zero-order valence-corrected chi connectivity index (χ0v) is 11.3. The van der Waals surface area contributed by atoms with Crippen LogP contribution < -0.4 is 10.5 Å². The summed E-state index contributed by atoms with van der Waals surface area (Å²) in [6.45, 7) is 2.76. The average molecular weight is 248 g/mol. The van der Waals surface area contributed by atoms with Gasteiger partial charge in [0.25, 0.3) is 0 Å². The van der Waals surface area contributed by atoms with Crippen molar-refractivity contribution in [2.45, 2.75) is 31.7 Å². The largest absolute Gasteiger partial charge is 0.492 e. The third kappa shape index (κ3) is 3.72. The van der Waals surface area contributed by atoms with Crippen molar-refractivity contribution in [3.63, 3.8) is 0 Å². The number of nitrogens with two attached hydrogens (primary N) is 1. The molecule has 0 bridgehead atoms. The van der Waals surface area contributed by atoms with E-state index >= 15 is 0 Å². The van der Waals surface area contributed by atoms with Gasteiger partial charge in [-0.3, -0.25) is 0 Å². The number of likely N-dealkylation sites (N-methyl/N-ethyl adjacent to an activating group) is 1. The number of likely N-dealkylation sites (tertiary alicyclic amines) is 1. The van der Waals surface area contributed by atoms with Crippen LogP contribution in [0.25, 0.3) is 0 Å². The SMILES string of the molecule is CN1CCCC1COc1ccc(CCCN)cc1. The summed E-state index contributed by atoms with van der Waals surface area (Å²) in [5.74, 6) is 0.979. The Morgan fingerprint density at radius 3 is 2.72 bits per heavy atom. The minimum absolute atomic E-state index is 0.585. The second kappa shape index (κ2) is 6.76. The third-order valence-corrected chi connectivity index (χ3v) is 3.71. The zero-order valence-electron chi connectivity index (χ0n) is 11.3. The van der Waals surface area contributed by atoms with Crippen molar-refractivity contribution in [1.29, 1.82) is 0 Å². The molecule has 1 aliphatic heterocycles. The first kappa shape index (κ1) is 13.4. The molecule has 1 fully saturated rings. The van der Waals surface area contributed by atoms with Crippen molar-refractivity contribution in [3.05, 3.63) is 29.8 Å². The Hall–Kier alpha value is -1.06. The summed E-state index contributed by atoms with van der Waals surface area (Å²) in [7, 11) is 2.18. The van der Waals surface area contributed by atoms with E-state index in [4.69, 9.17) is 10.5 Å². The Kier molecular flexibility index (Phi) is 5.02. The van der Waals surface area contributed by atoms with Crippen LogP contribution in [-0.2, 0) is 6.42 Å². The van der Waals surface area contributed by atoms with E-state index in [0.717, 1.165) is 31.7 Å². The number of hydrogen-bond donors (Lipinski definition) is 1. The van der Waals surface area contributed by atoms with E-state index in [0.29, 0.717) is 6.04 Å². The number of aryl methyl sites for hydroxylation is 1. The van der Waals surface area contributed by atoms with Gasteiger partial charge in [0.2, 0.25) is 0 Å². The number of benzene rings is 1. The molecule has 1 atom stereocenters. The van der Waals surface area contributed by atoms with E-state index in [1.807, 2.05) is 0 Å². The van der Waals surface area contributed by atoms with Crippen LogP contribution in [0.1, 0.15) is 24.8 Å². The molecular weight excluding hydrogens is 224 g/mol. The highest BCUT2D eigenvalue weighted by molar-refractivity contribution is 5.27. The standard InChI is InChI=1S/C15H24N2O/c1-17-11-3-5-14(17)12-18-15-8-6-13(7-9-15)4-2-10-16/h6-9,14H,2-5,10-12,16H2,1H3. The maximum atomic E-state index is 5.85. The number of ether oxygens (including phenoxy) is 1. The molecular formula is C15H24N2O. The summed E-state index contributed by atoms with van der Waals surface area (Å²) in [5, 5.41) is 0. The van der Waals surface area contributed by atoms with Crippen LogP contribution in [0, 0.1) is 0 Å². The minimum Gasteiger partial charge on any atom is -0.492 e. The first-order chi connectivity index (χ1) is 8.79. The minimum atomic E-state index is 0.585. The number of nitrogens with zero attached hydrogens (tertiary/aromatic N) is 1. The van der Waals surface area contributed by atoms with E-state index in [9.17, 15) is 0 Å². The molecule has 2 rings (SSSR count). The van der Waals surface area contributed by atoms with Crippen molar-refractivity contribution in [1.82, 2.24) is 4.90 Å². The summed E-state index contributed by atoms with van der Waals surface area (Å²) in [6, 6.07) is 9.01. The smallest absolute Gasteiger partial charge is 0.119 e. The summed E-state index contributed by atoms with van der Waals surface area (Å²) >= 11 is 0. The Balaban J connectivity index is 1.79. The van der Waals surface area contributed by atoms with Crippen molar-refractivity contribution >= 4 is 0 Å². The molecule has 0 aliphatic carbocycles. The first-order valence-corrected chi connectivity index (χ1v) is 6.91. The van der Waals surface area contributed by atoms with Crippen LogP contribution in [-0.4, -0.2) is 37.7 Å². The van der Waals surface area contributed by atoms with Crippen LogP contribution in [0.5, 0.6) is 5.75 Å². The molecule has 0 saturated carbocycles. The topological polar surface area (TPSA) is 38.5 Å². The molecule has 100 valence electrons. The molecule has 0 radical (unpaired) electrons. The molecule has 0 amide bonds. The second-order valence-electron chi connectivity index (χ2n) is 5.12. The van der Waals surface area contributed by atoms with Gasteiger partial charge in [0.1, 0.15) is 12.4 Å². The average Bonchev–Trinajstić information content (AvgIpc) is 2.81. The molecule has 0 spiro atoms. The molecule has 3 heteroatoms. The summed E-state index contributed by atoms with van der Waals surface area (Å²) in [4.78, 5) is 2.38. The fraction of sp³-hybridized carbons (Fsp3) is 0.600. The lowest BCUT2D eigenvalue weighted by molar-refractivity contribution is 0.198. The Morgan fingerprint density at radius 1 is 1.33 bits per heavy atom. The van der Waals surface area contributed by atoms with E-state index in [1.165, 1.54) is 24.9 Å². The van der Waals surface area contributed by atoms with Gasteiger partial charge in [-0.2, -0.15) is 0 Å². The summed E-state index contributed by atoms with van der Waals surface area (Å²) < 4.78 is 5.85. The van der Waals surface area contributed by atoms with Gasteiger partial charge in [-0.15, -0.1) is 0 Å². The lowest BCUT2D eigenvalue weighted by Gasteiger charge is -2.19. The lowest BCUT2D eigenvalue weighted by Crippen LogP contribution is -2.30. The summed E-state index contributed by atoms with van der Waals surface area (Å²) in [6.07, 6.45) is 4.66. The Labute approximate surface area is 110 Å². The molecule has 0 aromatic heterocycles. The van der Waals surface area contributed by atoms with Crippen LogP contribution in [0.15, 0.2) is 24.3 Å². The Bertz CT molecular complexity index is 350. The highest BCUT2D eigenvalue weighted by Crippen LogP contribution is 2.18. The molecule has 2 N–H and O–H groups in total. The molecule has 18 heavy (non-hydrogen) atoms. The Morgan fingerprint density at radius 2 is 2.11 bits per heavy atom. The predicted octanol–water partition coefficient (Wildman–Crippen LogP) is 2.05. The van der Waals surface area contributed by atoms with Gasteiger partial charge in [0.15, 0.2) is 0 Å². The van der Waals surface area contributed by atoms with Gasteiger partial charge >= 0.3 is 0 Å². The van der Waals surface area contributed by atoms with Crippen molar-refractivity contribution < 1.29 is 4.74 Å². The van der Waals surface area contributed by atoms with Crippen LogP contribution in [0.4, 0.5) is 0 Å². The van der Waals surface area contributed by atoms with Gasteiger partial charge in [-0.1, -0.05) is 12.1 Å². The van der Waals surface area contributed by atoms with Gasteiger partial charge < -0.3 is 15.4 Å². The fourth-order valence-corrected chi connectivity index (χ4v) is 2.44. The van der Waals surface area contributed by atoms with E-state index < -0.39 is 0 Å². The van der Waals surface area contributed by atoms with Gasteiger partial charge in [-0.05, 0) is 63.5 Å². The quantitative estimate of drug-likeness (QED) is 0.837. The third-order valence-electron chi connectivity index (χ3n) is 3.71. The molecule has 1 saturated heterocycles.